The molecule has 118 valence electrons. The lowest BCUT2D eigenvalue weighted by atomic mass is 9.73. The molecular weight excluding hydrogens is 282 g/mol. The maximum atomic E-state index is 13.3. The highest BCUT2D eigenvalue weighted by Crippen LogP contribution is 2.46. The quantitative estimate of drug-likeness (QED) is 0.784. The van der Waals surface area contributed by atoms with Crippen molar-refractivity contribution in [2.24, 2.45) is 11.8 Å². The van der Waals surface area contributed by atoms with Gasteiger partial charge in [-0.2, -0.15) is 13.2 Å². The van der Waals surface area contributed by atoms with Crippen molar-refractivity contribution >= 4 is 0 Å². The molecule has 0 radical (unpaired) electrons. The number of rotatable bonds is 4. The molecule has 1 aliphatic rings. The number of halogens is 4. The second-order valence-corrected chi connectivity index (χ2v) is 5.68. The van der Waals surface area contributed by atoms with Crippen molar-refractivity contribution in [3.05, 3.63) is 35.6 Å². The first kappa shape index (κ1) is 16.3. The number of alkyl halides is 3. The molecule has 0 spiro atoms. The van der Waals surface area contributed by atoms with Crippen LogP contribution in [0.3, 0.4) is 0 Å². The van der Waals surface area contributed by atoms with Crippen molar-refractivity contribution < 1.29 is 17.6 Å². The summed E-state index contributed by atoms with van der Waals surface area (Å²) in [6.45, 7) is 2.46. The van der Waals surface area contributed by atoms with Crippen molar-refractivity contribution in [3.8, 4) is 0 Å². The predicted molar refractivity (Wildman–Crippen MR) is 74.3 cm³/mol. The first-order valence-corrected chi connectivity index (χ1v) is 7.49. The van der Waals surface area contributed by atoms with Gasteiger partial charge in [0, 0.05) is 6.04 Å². The molecule has 3 unspecified atom stereocenters. The summed E-state index contributed by atoms with van der Waals surface area (Å²) in [5.74, 6) is -2.13. The van der Waals surface area contributed by atoms with Crippen LogP contribution in [0, 0.1) is 17.7 Å². The van der Waals surface area contributed by atoms with Gasteiger partial charge in [0.05, 0.1) is 5.92 Å². The summed E-state index contributed by atoms with van der Waals surface area (Å²) in [6, 6.07) is 5.42. The number of nitrogens with one attached hydrogen (secondary N) is 1. The zero-order chi connectivity index (χ0) is 15.5. The highest BCUT2D eigenvalue weighted by molar-refractivity contribution is 5.21. The standard InChI is InChI=1S/C16H21F4N/c1-2-21-15(11-7-9-12(17)10-8-11)13-5-3-4-6-14(13)16(18,19)20/h7-10,13-15,21H,2-6H2,1H3. The van der Waals surface area contributed by atoms with E-state index in [9.17, 15) is 17.6 Å². The predicted octanol–water partition coefficient (Wildman–Crippen LogP) is 4.85. The van der Waals surface area contributed by atoms with E-state index < -0.39 is 18.0 Å². The molecule has 21 heavy (non-hydrogen) atoms. The van der Waals surface area contributed by atoms with Crippen LogP contribution in [0.25, 0.3) is 0 Å². The van der Waals surface area contributed by atoms with Crippen LogP contribution in [0.5, 0.6) is 0 Å². The lowest BCUT2D eigenvalue weighted by molar-refractivity contribution is -0.199. The summed E-state index contributed by atoms with van der Waals surface area (Å²) in [5, 5.41) is 3.17. The first-order valence-electron chi connectivity index (χ1n) is 7.49. The van der Waals surface area contributed by atoms with Gasteiger partial charge in [-0.15, -0.1) is 0 Å². The number of hydrogen-bond acceptors (Lipinski definition) is 1. The average molecular weight is 303 g/mol. The van der Waals surface area contributed by atoms with Crippen molar-refractivity contribution in [1.82, 2.24) is 5.32 Å². The Balaban J connectivity index is 2.28. The van der Waals surface area contributed by atoms with Crippen LogP contribution in [-0.4, -0.2) is 12.7 Å². The van der Waals surface area contributed by atoms with Gasteiger partial charge in [-0.1, -0.05) is 31.9 Å². The van der Waals surface area contributed by atoms with E-state index in [-0.39, 0.29) is 18.3 Å². The Kier molecular flexibility index (Phi) is 5.25. The van der Waals surface area contributed by atoms with Gasteiger partial charge in [-0.25, -0.2) is 4.39 Å². The zero-order valence-corrected chi connectivity index (χ0v) is 12.1. The Morgan fingerprint density at radius 3 is 2.33 bits per heavy atom. The molecule has 0 amide bonds. The summed E-state index contributed by atoms with van der Waals surface area (Å²) < 4.78 is 52.9. The maximum absolute atomic E-state index is 13.3. The molecule has 0 saturated heterocycles. The van der Waals surface area contributed by atoms with Gasteiger partial charge in [-0.05, 0) is 43.0 Å². The molecule has 5 heteroatoms. The van der Waals surface area contributed by atoms with Crippen LogP contribution in [0.15, 0.2) is 24.3 Å². The van der Waals surface area contributed by atoms with Gasteiger partial charge in [0.2, 0.25) is 0 Å². The fourth-order valence-electron chi connectivity index (χ4n) is 3.37. The molecule has 1 saturated carbocycles. The van der Waals surface area contributed by atoms with E-state index in [1.54, 1.807) is 12.1 Å². The molecule has 1 aromatic carbocycles. The van der Waals surface area contributed by atoms with Gasteiger partial charge in [-0.3, -0.25) is 0 Å². The molecule has 1 N–H and O–H groups in total. The second kappa shape index (κ2) is 6.77. The molecule has 2 rings (SSSR count). The van der Waals surface area contributed by atoms with E-state index in [4.69, 9.17) is 0 Å². The Bertz CT molecular complexity index is 441. The largest absolute Gasteiger partial charge is 0.392 e. The van der Waals surface area contributed by atoms with Crippen LogP contribution in [0.1, 0.15) is 44.2 Å². The normalized spacial score (nSPS) is 24.8. The van der Waals surface area contributed by atoms with Crippen molar-refractivity contribution in [1.29, 1.82) is 0 Å². The summed E-state index contributed by atoms with van der Waals surface area (Å²) >= 11 is 0. The fourth-order valence-corrected chi connectivity index (χ4v) is 3.37. The molecule has 1 aliphatic carbocycles. The third-order valence-corrected chi connectivity index (χ3v) is 4.32. The van der Waals surface area contributed by atoms with Crippen molar-refractivity contribution in [2.75, 3.05) is 6.54 Å². The van der Waals surface area contributed by atoms with Crippen LogP contribution in [0.2, 0.25) is 0 Å². The van der Waals surface area contributed by atoms with E-state index >= 15 is 0 Å². The van der Waals surface area contributed by atoms with Crippen LogP contribution in [-0.2, 0) is 0 Å². The van der Waals surface area contributed by atoms with E-state index in [1.165, 1.54) is 12.1 Å². The molecule has 1 aromatic rings. The van der Waals surface area contributed by atoms with E-state index in [0.29, 0.717) is 19.4 Å². The first-order chi connectivity index (χ1) is 9.93. The Labute approximate surface area is 122 Å². The van der Waals surface area contributed by atoms with Crippen LogP contribution < -0.4 is 5.32 Å². The van der Waals surface area contributed by atoms with Crippen molar-refractivity contribution in [2.45, 2.75) is 44.8 Å². The minimum Gasteiger partial charge on any atom is -0.310 e. The van der Waals surface area contributed by atoms with Crippen LogP contribution >= 0.6 is 0 Å². The molecule has 1 fully saturated rings. The van der Waals surface area contributed by atoms with E-state index in [2.05, 4.69) is 5.32 Å². The van der Waals surface area contributed by atoms with E-state index in [0.717, 1.165) is 12.0 Å². The SMILES string of the molecule is CCNC(c1ccc(F)cc1)C1CCCCC1C(F)(F)F. The topological polar surface area (TPSA) is 12.0 Å². The molecule has 0 aromatic heterocycles. The summed E-state index contributed by atoms with van der Waals surface area (Å²) in [4.78, 5) is 0. The lowest BCUT2D eigenvalue weighted by Crippen LogP contribution is -2.40. The smallest absolute Gasteiger partial charge is 0.310 e. The maximum Gasteiger partial charge on any atom is 0.392 e. The van der Waals surface area contributed by atoms with Crippen molar-refractivity contribution in [3.63, 3.8) is 0 Å². The Morgan fingerprint density at radius 2 is 1.76 bits per heavy atom. The van der Waals surface area contributed by atoms with Gasteiger partial charge < -0.3 is 5.32 Å². The number of benzene rings is 1. The van der Waals surface area contributed by atoms with Gasteiger partial charge in [0.15, 0.2) is 0 Å². The highest BCUT2D eigenvalue weighted by atomic mass is 19.4. The summed E-state index contributed by atoms with van der Waals surface area (Å²) in [6.07, 6.45) is -1.97. The second-order valence-electron chi connectivity index (χ2n) is 5.68. The van der Waals surface area contributed by atoms with Gasteiger partial charge >= 0.3 is 6.18 Å². The minimum absolute atomic E-state index is 0.192. The molecular formula is C16H21F4N. The minimum atomic E-state index is -4.17. The fraction of sp³-hybridized carbons (Fsp3) is 0.625. The molecule has 1 nitrogen and oxygen atoms in total. The average Bonchev–Trinajstić information content (AvgIpc) is 2.45. The van der Waals surface area contributed by atoms with Crippen LogP contribution in [0.4, 0.5) is 17.6 Å². The molecule has 3 atom stereocenters. The molecule has 0 aliphatic heterocycles. The Morgan fingerprint density at radius 1 is 1.14 bits per heavy atom. The molecule has 0 heterocycles. The van der Waals surface area contributed by atoms with Gasteiger partial charge in [0.25, 0.3) is 0 Å². The number of hydrogen-bond donors (Lipinski definition) is 1. The summed E-state index contributed by atoms with van der Waals surface area (Å²) in [7, 11) is 0. The zero-order valence-electron chi connectivity index (χ0n) is 12.1. The summed E-state index contributed by atoms with van der Waals surface area (Å²) in [5.41, 5.74) is 0.736. The van der Waals surface area contributed by atoms with E-state index in [1.807, 2.05) is 6.92 Å². The third kappa shape index (κ3) is 3.96. The Hall–Kier alpha value is -1.10. The lowest BCUT2D eigenvalue weighted by Gasteiger charge is -2.38. The highest BCUT2D eigenvalue weighted by Gasteiger charge is 2.47. The monoisotopic (exact) mass is 303 g/mol. The molecule has 0 bridgehead atoms. The van der Waals surface area contributed by atoms with Gasteiger partial charge in [0.1, 0.15) is 5.82 Å². The third-order valence-electron chi connectivity index (χ3n) is 4.32.